The molecule has 1 aliphatic heterocycles. The lowest BCUT2D eigenvalue weighted by atomic mass is 10.1. The molecule has 2 aliphatic rings. The Morgan fingerprint density at radius 1 is 1.44 bits per heavy atom. The predicted octanol–water partition coefficient (Wildman–Crippen LogP) is 1.10. The summed E-state index contributed by atoms with van der Waals surface area (Å²) in [7, 11) is -4.56. The highest BCUT2D eigenvalue weighted by Crippen LogP contribution is 2.33. The van der Waals surface area contributed by atoms with Crippen molar-refractivity contribution in [2.45, 2.75) is 25.7 Å². The summed E-state index contributed by atoms with van der Waals surface area (Å²) in [6.45, 7) is 0.197. The van der Waals surface area contributed by atoms with Gasteiger partial charge in [0.25, 0.3) is 0 Å². The first-order chi connectivity index (χ1) is 8.40. The van der Waals surface area contributed by atoms with Gasteiger partial charge in [-0.05, 0) is 19.3 Å². The topological polar surface area (TPSA) is 78.2 Å². The maximum absolute atomic E-state index is 12.6. The zero-order valence-electron chi connectivity index (χ0n) is 9.73. The SMILES string of the molecule is N#CC1=C(N2CC(CS(=O)(=O)F)CC2=O)CCC1. The second kappa shape index (κ2) is 4.69. The molecule has 0 radical (unpaired) electrons. The lowest BCUT2D eigenvalue weighted by molar-refractivity contribution is -0.126. The van der Waals surface area contributed by atoms with Crippen LogP contribution >= 0.6 is 0 Å². The van der Waals surface area contributed by atoms with Crippen molar-refractivity contribution in [1.82, 2.24) is 4.90 Å². The van der Waals surface area contributed by atoms with Crippen molar-refractivity contribution in [2.24, 2.45) is 5.92 Å². The van der Waals surface area contributed by atoms with E-state index in [1.54, 1.807) is 0 Å². The third-order valence-corrected chi connectivity index (χ3v) is 4.16. The average Bonchev–Trinajstić information content (AvgIpc) is 2.81. The molecule has 0 aromatic heterocycles. The van der Waals surface area contributed by atoms with E-state index in [2.05, 4.69) is 6.07 Å². The zero-order valence-corrected chi connectivity index (χ0v) is 10.5. The third-order valence-electron chi connectivity index (χ3n) is 3.29. The van der Waals surface area contributed by atoms with Crippen LogP contribution < -0.4 is 0 Å². The number of carbonyl (C=O) groups is 1. The minimum Gasteiger partial charge on any atom is -0.315 e. The van der Waals surface area contributed by atoms with Crippen LogP contribution in [0.15, 0.2) is 11.3 Å². The highest BCUT2D eigenvalue weighted by Gasteiger charge is 2.36. The van der Waals surface area contributed by atoms with Crippen LogP contribution in [0.1, 0.15) is 25.7 Å². The predicted molar refractivity (Wildman–Crippen MR) is 61.2 cm³/mol. The first kappa shape index (κ1) is 13.0. The van der Waals surface area contributed by atoms with Crippen LogP contribution in [0.25, 0.3) is 0 Å². The number of likely N-dealkylation sites (tertiary alicyclic amines) is 1. The van der Waals surface area contributed by atoms with E-state index in [0.29, 0.717) is 24.1 Å². The summed E-state index contributed by atoms with van der Waals surface area (Å²) in [5, 5.41) is 8.93. The normalized spacial score (nSPS) is 24.8. The van der Waals surface area contributed by atoms with Gasteiger partial charge in [0.15, 0.2) is 0 Å². The van der Waals surface area contributed by atoms with Crippen molar-refractivity contribution < 1.29 is 17.1 Å². The number of nitrogens with zero attached hydrogens (tertiary/aromatic N) is 2. The summed E-state index contributed by atoms with van der Waals surface area (Å²) in [5.41, 5.74) is 1.29. The second-order valence-corrected chi connectivity index (χ2v) is 6.08. The molecule has 5 nitrogen and oxygen atoms in total. The summed E-state index contributed by atoms with van der Waals surface area (Å²) >= 11 is 0. The number of rotatable bonds is 3. The van der Waals surface area contributed by atoms with Gasteiger partial charge in [-0.2, -0.15) is 13.7 Å². The van der Waals surface area contributed by atoms with Gasteiger partial charge in [-0.25, -0.2) is 0 Å². The van der Waals surface area contributed by atoms with Crippen molar-refractivity contribution in [1.29, 1.82) is 5.26 Å². The van der Waals surface area contributed by atoms with Gasteiger partial charge in [0.1, 0.15) is 0 Å². The number of hydrogen-bond donors (Lipinski definition) is 0. The minimum absolute atomic E-state index is 0.0331. The van der Waals surface area contributed by atoms with Crippen molar-refractivity contribution in [3.05, 3.63) is 11.3 Å². The molecule has 1 fully saturated rings. The van der Waals surface area contributed by atoms with Crippen LogP contribution in [0.5, 0.6) is 0 Å². The van der Waals surface area contributed by atoms with Gasteiger partial charge >= 0.3 is 10.2 Å². The molecule has 1 amide bonds. The summed E-state index contributed by atoms with van der Waals surface area (Å²) < 4.78 is 33.8. The molecule has 98 valence electrons. The van der Waals surface area contributed by atoms with Gasteiger partial charge in [0, 0.05) is 30.2 Å². The third kappa shape index (κ3) is 2.70. The zero-order chi connectivity index (χ0) is 13.3. The maximum atomic E-state index is 12.6. The molecule has 0 aromatic rings. The Bertz CT molecular complexity index is 547. The van der Waals surface area contributed by atoms with Gasteiger partial charge in [-0.15, -0.1) is 3.89 Å². The summed E-state index contributed by atoms with van der Waals surface area (Å²) in [6, 6.07) is 2.07. The fraction of sp³-hybridized carbons (Fsp3) is 0.636. The molecule has 0 aromatic carbocycles. The number of nitriles is 1. The van der Waals surface area contributed by atoms with Crippen LogP contribution in [0.3, 0.4) is 0 Å². The molecule has 1 saturated heterocycles. The Hall–Kier alpha value is -1.42. The molecule has 0 saturated carbocycles. The Kier molecular flexibility index (Phi) is 3.39. The van der Waals surface area contributed by atoms with Gasteiger partial charge in [0.05, 0.1) is 11.8 Å². The average molecular weight is 272 g/mol. The molecule has 1 aliphatic carbocycles. The van der Waals surface area contributed by atoms with Gasteiger partial charge in [-0.1, -0.05) is 0 Å². The Morgan fingerprint density at radius 2 is 2.17 bits per heavy atom. The van der Waals surface area contributed by atoms with Crippen molar-refractivity contribution in [2.75, 3.05) is 12.3 Å². The molecule has 1 unspecified atom stereocenters. The first-order valence-corrected chi connectivity index (χ1v) is 7.31. The van der Waals surface area contributed by atoms with E-state index in [9.17, 15) is 17.1 Å². The van der Waals surface area contributed by atoms with E-state index in [0.717, 1.165) is 6.42 Å². The Labute approximate surface area is 105 Å². The molecule has 2 rings (SSSR count). The molecular weight excluding hydrogens is 259 g/mol. The van der Waals surface area contributed by atoms with Crippen molar-refractivity contribution in [3.63, 3.8) is 0 Å². The fourth-order valence-corrected chi connectivity index (χ4v) is 3.37. The second-order valence-electron chi connectivity index (χ2n) is 4.67. The van der Waals surface area contributed by atoms with Gasteiger partial charge in [0.2, 0.25) is 5.91 Å². The quantitative estimate of drug-likeness (QED) is 0.721. The number of hydrogen-bond acceptors (Lipinski definition) is 4. The van der Waals surface area contributed by atoms with Gasteiger partial charge in [-0.3, -0.25) is 4.79 Å². The number of halogens is 1. The van der Waals surface area contributed by atoms with Crippen LogP contribution in [-0.4, -0.2) is 31.5 Å². The molecule has 0 spiro atoms. The molecule has 7 heteroatoms. The maximum Gasteiger partial charge on any atom is 0.302 e. The van der Waals surface area contributed by atoms with Crippen LogP contribution in [-0.2, 0) is 15.0 Å². The van der Waals surface area contributed by atoms with Gasteiger partial charge < -0.3 is 4.90 Å². The Morgan fingerprint density at radius 3 is 2.78 bits per heavy atom. The lowest BCUT2D eigenvalue weighted by Gasteiger charge is -2.18. The van der Waals surface area contributed by atoms with E-state index in [1.807, 2.05) is 0 Å². The molecule has 18 heavy (non-hydrogen) atoms. The number of carbonyl (C=O) groups excluding carboxylic acids is 1. The lowest BCUT2D eigenvalue weighted by Crippen LogP contribution is -2.25. The number of amides is 1. The molecule has 0 bridgehead atoms. The highest BCUT2D eigenvalue weighted by molar-refractivity contribution is 7.86. The number of allylic oxidation sites excluding steroid dienone is 2. The van der Waals surface area contributed by atoms with Crippen molar-refractivity contribution >= 4 is 16.1 Å². The fourth-order valence-electron chi connectivity index (χ4n) is 2.58. The standard InChI is InChI=1S/C11H13FN2O3S/c12-18(16,17)7-8-4-11(15)14(6-8)10-3-1-2-9(10)5-13/h8H,1-4,6-7H2. The Balaban J connectivity index is 2.14. The van der Waals surface area contributed by atoms with E-state index in [4.69, 9.17) is 5.26 Å². The van der Waals surface area contributed by atoms with E-state index >= 15 is 0 Å². The van der Waals surface area contributed by atoms with Crippen LogP contribution in [0.2, 0.25) is 0 Å². The molecule has 0 N–H and O–H groups in total. The van der Waals surface area contributed by atoms with E-state index < -0.39 is 21.9 Å². The highest BCUT2D eigenvalue weighted by atomic mass is 32.3. The van der Waals surface area contributed by atoms with Crippen molar-refractivity contribution in [3.8, 4) is 6.07 Å². The molecule has 1 heterocycles. The van der Waals surface area contributed by atoms with E-state index in [1.165, 1.54) is 4.90 Å². The molecule has 1 atom stereocenters. The summed E-state index contributed by atoms with van der Waals surface area (Å²) in [5.74, 6) is -1.35. The van der Waals surface area contributed by atoms with Crippen LogP contribution in [0.4, 0.5) is 3.89 Å². The minimum atomic E-state index is -4.56. The summed E-state index contributed by atoms with van der Waals surface area (Å²) in [6.07, 6.45) is 2.17. The summed E-state index contributed by atoms with van der Waals surface area (Å²) in [4.78, 5) is 13.2. The van der Waals surface area contributed by atoms with Crippen LogP contribution in [0, 0.1) is 17.2 Å². The molecular formula is C11H13FN2O3S. The first-order valence-electron chi connectivity index (χ1n) is 5.75. The largest absolute Gasteiger partial charge is 0.315 e. The van der Waals surface area contributed by atoms with E-state index in [-0.39, 0.29) is 18.9 Å². The monoisotopic (exact) mass is 272 g/mol. The smallest absolute Gasteiger partial charge is 0.302 e.